The Kier molecular flexibility index (Phi) is 10.1. The third-order valence-electron chi connectivity index (χ3n) is 4.46. The van der Waals surface area contributed by atoms with Crippen molar-refractivity contribution in [3.8, 4) is 11.5 Å². The highest BCUT2D eigenvalue weighted by Crippen LogP contribution is 2.30. The summed E-state index contributed by atoms with van der Waals surface area (Å²) >= 11 is 0. The van der Waals surface area contributed by atoms with Gasteiger partial charge in [0.2, 0.25) is 0 Å². The molecule has 0 aromatic heterocycles. The number of esters is 1. The number of hydrogen-bond acceptors (Lipinski definition) is 7. The van der Waals surface area contributed by atoms with Crippen LogP contribution >= 0.6 is 0 Å². The number of amides is 3. The van der Waals surface area contributed by atoms with Crippen LogP contribution in [0.5, 0.6) is 11.5 Å². The van der Waals surface area contributed by atoms with E-state index in [0.717, 1.165) is 0 Å². The first kappa shape index (κ1) is 26.4. The molecule has 9 nitrogen and oxygen atoms in total. The Morgan fingerprint density at radius 1 is 0.882 bits per heavy atom. The number of rotatable bonds is 11. The zero-order valence-corrected chi connectivity index (χ0v) is 19.8. The number of ether oxygens (including phenoxy) is 3. The van der Waals surface area contributed by atoms with Crippen molar-refractivity contribution in [1.29, 1.82) is 0 Å². The second-order valence-corrected chi connectivity index (χ2v) is 7.63. The lowest BCUT2D eigenvalue weighted by molar-refractivity contribution is -0.123. The van der Waals surface area contributed by atoms with E-state index in [9.17, 15) is 19.2 Å². The van der Waals surface area contributed by atoms with Gasteiger partial charge in [0.1, 0.15) is 0 Å². The predicted molar refractivity (Wildman–Crippen MR) is 125 cm³/mol. The number of benzene rings is 2. The molecule has 0 atom stereocenters. The van der Waals surface area contributed by atoms with Crippen molar-refractivity contribution < 1.29 is 33.4 Å². The van der Waals surface area contributed by atoms with Gasteiger partial charge in [-0.05, 0) is 44.0 Å². The summed E-state index contributed by atoms with van der Waals surface area (Å²) < 4.78 is 16.1. The fourth-order valence-corrected chi connectivity index (χ4v) is 2.92. The molecule has 2 aromatic carbocycles. The van der Waals surface area contributed by atoms with Gasteiger partial charge in [-0.2, -0.15) is 0 Å². The zero-order valence-electron chi connectivity index (χ0n) is 19.8. The Morgan fingerprint density at radius 3 is 2.18 bits per heavy atom. The van der Waals surface area contributed by atoms with Gasteiger partial charge in [0.05, 0.1) is 18.8 Å². The van der Waals surface area contributed by atoms with E-state index in [1.54, 1.807) is 30.3 Å². The molecule has 0 bridgehead atoms. The fraction of sp³-hybridized carbons (Fsp3) is 0.360. The Morgan fingerprint density at radius 2 is 1.53 bits per heavy atom. The second kappa shape index (κ2) is 13.0. The maximum atomic E-state index is 13.2. The summed E-state index contributed by atoms with van der Waals surface area (Å²) in [5.74, 6) is -0.926. The molecule has 0 heterocycles. The van der Waals surface area contributed by atoms with Crippen molar-refractivity contribution in [2.75, 3.05) is 26.4 Å². The number of nitrogens with one attached hydrogen (secondary N) is 2. The van der Waals surface area contributed by atoms with Crippen molar-refractivity contribution in [2.45, 2.75) is 27.7 Å². The summed E-state index contributed by atoms with van der Waals surface area (Å²) in [6, 6.07) is 10.2. The van der Waals surface area contributed by atoms with Gasteiger partial charge in [-0.1, -0.05) is 32.0 Å². The summed E-state index contributed by atoms with van der Waals surface area (Å²) in [6.07, 6.45) is 0. The summed E-state index contributed by atoms with van der Waals surface area (Å²) in [4.78, 5) is 49.4. The minimum absolute atomic E-state index is 0.00333. The Balaban J connectivity index is 2.12. The molecule has 3 amide bonds. The number of hydrogen-bond donors (Lipinski definition) is 2. The van der Waals surface area contributed by atoms with Crippen LogP contribution in [0, 0.1) is 5.92 Å². The van der Waals surface area contributed by atoms with E-state index in [-0.39, 0.29) is 17.0 Å². The highest BCUT2D eigenvalue weighted by molar-refractivity contribution is 6.14. The van der Waals surface area contributed by atoms with Gasteiger partial charge in [0, 0.05) is 17.7 Å². The van der Waals surface area contributed by atoms with Crippen LogP contribution < -0.4 is 20.1 Å². The summed E-state index contributed by atoms with van der Waals surface area (Å²) in [7, 11) is 0. The van der Waals surface area contributed by atoms with Gasteiger partial charge in [-0.15, -0.1) is 0 Å². The predicted octanol–water partition coefficient (Wildman–Crippen LogP) is 3.35. The summed E-state index contributed by atoms with van der Waals surface area (Å²) in [5.41, 5.74) is 0.400. The van der Waals surface area contributed by atoms with E-state index >= 15 is 0 Å². The third kappa shape index (κ3) is 7.61. The molecule has 2 N–H and O–H groups in total. The van der Waals surface area contributed by atoms with E-state index < -0.39 is 30.3 Å². The SMILES string of the molecule is CCOc1ccc(C(=O)c2ccccc2C(=O)OCC(=O)NC(=O)NCC(C)C)cc1OCC. The first-order valence-electron chi connectivity index (χ1n) is 11.0. The van der Waals surface area contributed by atoms with Crippen molar-refractivity contribution in [3.05, 3.63) is 59.2 Å². The highest BCUT2D eigenvalue weighted by Gasteiger charge is 2.21. The lowest BCUT2D eigenvalue weighted by Crippen LogP contribution is -2.42. The molecule has 0 aliphatic carbocycles. The van der Waals surface area contributed by atoms with Crippen LogP contribution in [0.3, 0.4) is 0 Å². The third-order valence-corrected chi connectivity index (χ3v) is 4.46. The molecule has 2 rings (SSSR count). The number of urea groups is 1. The monoisotopic (exact) mass is 470 g/mol. The molecule has 0 aliphatic heterocycles. The molecule has 0 radical (unpaired) electrons. The Hall–Kier alpha value is -3.88. The van der Waals surface area contributed by atoms with E-state index in [2.05, 4.69) is 10.6 Å². The molecule has 34 heavy (non-hydrogen) atoms. The first-order valence-corrected chi connectivity index (χ1v) is 11.0. The van der Waals surface area contributed by atoms with Crippen molar-refractivity contribution in [3.63, 3.8) is 0 Å². The highest BCUT2D eigenvalue weighted by atomic mass is 16.5. The maximum Gasteiger partial charge on any atom is 0.339 e. The van der Waals surface area contributed by atoms with Crippen molar-refractivity contribution in [1.82, 2.24) is 10.6 Å². The number of ketones is 1. The van der Waals surface area contributed by atoms with Crippen molar-refractivity contribution >= 4 is 23.7 Å². The van der Waals surface area contributed by atoms with Gasteiger partial charge in [-0.25, -0.2) is 9.59 Å². The minimum Gasteiger partial charge on any atom is -0.490 e. The van der Waals surface area contributed by atoms with Gasteiger partial charge in [0.25, 0.3) is 5.91 Å². The van der Waals surface area contributed by atoms with Crippen LogP contribution in [0.4, 0.5) is 4.79 Å². The molecule has 0 spiro atoms. The second-order valence-electron chi connectivity index (χ2n) is 7.63. The fourth-order valence-electron chi connectivity index (χ4n) is 2.92. The average molecular weight is 471 g/mol. The molecule has 9 heteroatoms. The van der Waals surface area contributed by atoms with Crippen molar-refractivity contribution in [2.24, 2.45) is 5.92 Å². The molecular formula is C25H30N2O7. The van der Waals surface area contributed by atoms with Crippen LogP contribution in [0.1, 0.15) is 54.0 Å². The van der Waals surface area contributed by atoms with E-state index in [4.69, 9.17) is 14.2 Å². The smallest absolute Gasteiger partial charge is 0.339 e. The first-order chi connectivity index (χ1) is 16.3. The lowest BCUT2D eigenvalue weighted by atomic mass is 9.98. The zero-order chi connectivity index (χ0) is 25.1. The molecular weight excluding hydrogens is 440 g/mol. The van der Waals surface area contributed by atoms with Crippen LogP contribution in [-0.4, -0.2) is 50.1 Å². The standard InChI is InChI=1S/C25H30N2O7/c1-5-32-20-12-11-17(13-21(20)33-6-2)23(29)18-9-7-8-10-19(18)24(30)34-15-22(28)27-25(31)26-14-16(3)4/h7-13,16H,5-6,14-15H2,1-4H3,(H2,26,27,28,31). The largest absolute Gasteiger partial charge is 0.490 e. The molecule has 2 aromatic rings. The minimum atomic E-state index is -0.863. The molecule has 182 valence electrons. The van der Waals surface area contributed by atoms with Gasteiger partial charge >= 0.3 is 12.0 Å². The average Bonchev–Trinajstić information content (AvgIpc) is 2.82. The number of imide groups is 1. The van der Waals surface area contributed by atoms with Gasteiger partial charge in [0.15, 0.2) is 23.9 Å². The van der Waals surface area contributed by atoms with E-state index in [1.165, 1.54) is 12.1 Å². The van der Waals surface area contributed by atoms with Gasteiger partial charge in [-0.3, -0.25) is 14.9 Å². The Labute approximate surface area is 198 Å². The molecule has 0 aliphatic rings. The van der Waals surface area contributed by atoms with Crippen LogP contribution in [-0.2, 0) is 9.53 Å². The van der Waals surface area contributed by atoms with Crippen LogP contribution in [0.15, 0.2) is 42.5 Å². The lowest BCUT2D eigenvalue weighted by Gasteiger charge is -2.13. The summed E-state index contributed by atoms with van der Waals surface area (Å²) in [5, 5.41) is 4.60. The topological polar surface area (TPSA) is 120 Å². The number of carbonyl (C=O) groups excluding carboxylic acids is 4. The molecule has 0 saturated carbocycles. The molecule has 0 fully saturated rings. The van der Waals surface area contributed by atoms with E-state index in [0.29, 0.717) is 36.8 Å². The van der Waals surface area contributed by atoms with Crippen LogP contribution in [0.25, 0.3) is 0 Å². The normalized spacial score (nSPS) is 10.4. The van der Waals surface area contributed by atoms with E-state index in [1.807, 2.05) is 27.7 Å². The number of carbonyl (C=O) groups is 4. The quantitative estimate of drug-likeness (QED) is 0.382. The van der Waals surface area contributed by atoms with Gasteiger partial charge < -0.3 is 19.5 Å². The molecule has 0 saturated heterocycles. The summed E-state index contributed by atoms with van der Waals surface area (Å²) in [6.45, 7) is 8.03. The Bertz CT molecular complexity index is 1030. The molecule has 0 unspecified atom stereocenters. The maximum absolute atomic E-state index is 13.2. The van der Waals surface area contributed by atoms with Crippen LogP contribution in [0.2, 0.25) is 0 Å².